The Morgan fingerprint density at radius 3 is 2.61 bits per heavy atom. The fraction of sp³-hybridized carbons (Fsp3) is 0.357. The largest absolute Gasteiger partial charge is 0.481 e. The SMILES string of the molecule is O=C(O)C1(c2cccc3cnncc23)CCCC1. The van der Waals surface area contributed by atoms with Crippen molar-refractivity contribution < 1.29 is 9.90 Å². The van der Waals surface area contributed by atoms with Gasteiger partial charge in [0.2, 0.25) is 0 Å². The van der Waals surface area contributed by atoms with E-state index in [-0.39, 0.29) is 0 Å². The zero-order valence-electron chi connectivity index (χ0n) is 9.97. The molecule has 4 nitrogen and oxygen atoms in total. The molecule has 0 saturated heterocycles. The van der Waals surface area contributed by atoms with Crippen molar-refractivity contribution in [2.75, 3.05) is 0 Å². The predicted molar refractivity (Wildman–Crippen MR) is 67.3 cm³/mol. The van der Waals surface area contributed by atoms with E-state index in [1.165, 1.54) is 0 Å². The van der Waals surface area contributed by atoms with Crippen LogP contribution >= 0.6 is 0 Å². The fourth-order valence-corrected chi connectivity index (χ4v) is 3.02. The number of aliphatic carboxylic acids is 1. The molecule has 2 aromatic rings. The van der Waals surface area contributed by atoms with Crippen LogP contribution in [0.1, 0.15) is 31.2 Å². The molecule has 0 radical (unpaired) electrons. The van der Waals surface area contributed by atoms with E-state index < -0.39 is 11.4 Å². The second-order valence-electron chi connectivity index (χ2n) is 4.89. The number of benzene rings is 1. The number of carboxylic acid groups (broad SMARTS) is 1. The predicted octanol–water partition coefficient (Wildman–Crippen LogP) is 2.53. The van der Waals surface area contributed by atoms with Gasteiger partial charge in [-0.1, -0.05) is 31.0 Å². The Hall–Kier alpha value is -1.97. The first-order valence-electron chi connectivity index (χ1n) is 6.17. The van der Waals surface area contributed by atoms with Crippen LogP contribution in [0.3, 0.4) is 0 Å². The van der Waals surface area contributed by atoms with Crippen LogP contribution in [0, 0.1) is 0 Å². The number of hydrogen-bond donors (Lipinski definition) is 1. The van der Waals surface area contributed by atoms with Crippen LogP contribution in [0.5, 0.6) is 0 Å². The Kier molecular flexibility index (Phi) is 2.51. The van der Waals surface area contributed by atoms with Crippen molar-refractivity contribution in [2.24, 2.45) is 0 Å². The number of fused-ring (bicyclic) bond motifs is 1. The summed E-state index contributed by atoms with van der Waals surface area (Å²) in [4.78, 5) is 11.7. The van der Waals surface area contributed by atoms with Gasteiger partial charge < -0.3 is 5.11 Å². The topological polar surface area (TPSA) is 63.1 Å². The molecule has 0 spiro atoms. The Balaban J connectivity index is 2.27. The highest BCUT2D eigenvalue weighted by Crippen LogP contribution is 2.43. The number of aromatic nitrogens is 2. The smallest absolute Gasteiger partial charge is 0.314 e. The summed E-state index contributed by atoms with van der Waals surface area (Å²) in [5, 5.41) is 19.3. The summed E-state index contributed by atoms with van der Waals surface area (Å²) < 4.78 is 0. The summed E-state index contributed by atoms with van der Waals surface area (Å²) in [6.07, 6.45) is 6.73. The van der Waals surface area contributed by atoms with Gasteiger partial charge in [-0.3, -0.25) is 4.79 Å². The van der Waals surface area contributed by atoms with Crippen molar-refractivity contribution in [1.82, 2.24) is 10.2 Å². The van der Waals surface area contributed by atoms with Gasteiger partial charge in [0.05, 0.1) is 17.8 Å². The molecule has 0 atom stereocenters. The maximum atomic E-state index is 11.7. The van der Waals surface area contributed by atoms with E-state index in [9.17, 15) is 9.90 Å². The molecule has 1 saturated carbocycles. The van der Waals surface area contributed by atoms with E-state index >= 15 is 0 Å². The molecule has 1 N–H and O–H groups in total. The van der Waals surface area contributed by atoms with Crippen LogP contribution in [0.15, 0.2) is 30.6 Å². The highest BCUT2D eigenvalue weighted by molar-refractivity contribution is 5.92. The quantitative estimate of drug-likeness (QED) is 0.878. The second kappa shape index (κ2) is 4.05. The average Bonchev–Trinajstić information content (AvgIpc) is 2.88. The summed E-state index contributed by atoms with van der Waals surface area (Å²) in [6, 6.07) is 5.77. The maximum absolute atomic E-state index is 11.7. The van der Waals surface area contributed by atoms with E-state index in [1.807, 2.05) is 18.2 Å². The van der Waals surface area contributed by atoms with Gasteiger partial charge in [0.1, 0.15) is 0 Å². The van der Waals surface area contributed by atoms with E-state index in [1.54, 1.807) is 12.4 Å². The summed E-state index contributed by atoms with van der Waals surface area (Å²) in [5.74, 6) is -0.718. The molecular formula is C14H14N2O2. The molecule has 18 heavy (non-hydrogen) atoms. The van der Waals surface area contributed by atoms with Gasteiger partial charge in [-0.05, 0) is 18.4 Å². The molecule has 3 rings (SSSR count). The lowest BCUT2D eigenvalue weighted by atomic mass is 9.77. The third-order valence-corrected chi connectivity index (χ3v) is 3.97. The molecule has 0 unspecified atom stereocenters. The highest BCUT2D eigenvalue weighted by Gasteiger charge is 2.43. The lowest BCUT2D eigenvalue weighted by molar-refractivity contribution is -0.143. The Bertz CT molecular complexity index is 598. The zero-order chi connectivity index (χ0) is 12.6. The number of rotatable bonds is 2. The molecule has 92 valence electrons. The molecule has 1 fully saturated rings. The molecule has 1 aliphatic carbocycles. The maximum Gasteiger partial charge on any atom is 0.314 e. The van der Waals surface area contributed by atoms with Gasteiger partial charge in [-0.25, -0.2) is 0 Å². The standard InChI is InChI=1S/C14H14N2O2/c17-13(18)14(6-1-2-7-14)12-5-3-4-10-8-15-16-9-11(10)12/h3-5,8-9H,1-2,6-7H2,(H,17,18). The summed E-state index contributed by atoms with van der Waals surface area (Å²) in [7, 11) is 0. The fourth-order valence-electron chi connectivity index (χ4n) is 3.02. The zero-order valence-corrected chi connectivity index (χ0v) is 9.97. The van der Waals surface area contributed by atoms with Gasteiger partial charge in [0.15, 0.2) is 0 Å². The van der Waals surface area contributed by atoms with Crippen LogP contribution in [0.2, 0.25) is 0 Å². The monoisotopic (exact) mass is 242 g/mol. The minimum Gasteiger partial charge on any atom is -0.481 e. The Morgan fingerprint density at radius 2 is 1.89 bits per heavy atom. The van der Waals surface area contributed by atoms with Crippen molar-refractivity contribution in [1.29, 1.82) is 0 Å². The average molecular weight is 242 g/mol. The molecule has 1 aliphatic rings. The molecular weight excluding hydrogens is 228 g/mol. The molecule has 0 bridgehead atoms. The van der Waals surface area contributed by atoms with Gasteiger partial charge in [0, 0.05) is 10.8 Å². The lowest BCUT2D eigenvalue weighted by Crippen LogP contribution is -2.32. The van der Waals surface area contributed by atoms with Crippen molar-refractivity contribution in [3.8, 4) is 0 Å². The van der Waals surface area contributed by atoms with Crippen LogP contribution < -0.4 is 0 Å². The molecule has 1 heterocycles. The molecule has 0 aliphatic heterocycles. The summed E-state index contributed by atoms with van der Waals surface area (Å²) in [5.41, 5.74) is 0.155. The van der Waals surface area contributed by atoms with Crippen LogP contribution in [-0.2, 0) is 10.2 Å². The first-order chi connectivity index (χ1) is 8.74. The first kappa shape index (κ1) is 11.1. The minimum atomic E-state index is -0.734. The van der Waals surface area contributed by atoms with E-state index in [0.29, 0.717) is 12.8 Å². The van der Waals surface area contributed by atoms with Gasteiger partial charge in [-0.15, -0.1) is 0 Å². The molecule has 1 aromatic carbocycles. The van der Waals surface area contributed by atoms with Crippen molar-refractivity contribution in [3.63, 3.8) is 0 Å². The Morgan fingerprint density at radius 1 is 1.17 bits per heavy atom. The van der Waals surface area contributed by atoms with Gasteiger partial charge in [-0.2, -0.15) is 10.2 Å². The third kappa shape index (κ3) is 1.49. The number of carbonyl (C=O) groups is 1. The Labute approximate surface area is 105 Å². The highest BCUT2D eigenvalue weighted by atomic mass is 16.4. The lowest BCUT2D eigenvalue weighted by Gasteiger charge is -2.25. The number of hydrogen-bond acceptors (Lipinski definition) is 3. The van der Waals surface area contributed by atoms with Crippen LogP contribution in [0.25, 0.3) is 10.8 Å². The van der Waals surface area contributed by atoms with E-state index in [4.69, 9.17) is 0 Å². The van der Waals surface area contributed by atoms with E-state index in [0.717, 1.165) is 29.2 Å². The van der Waals surface area contributed by atoms with Crippen LogP contribution in [-0.4, -0.2) is 21.3 Å². The van der Waals surface area contributed by atoms with Crippen molar-refractivity contribution in [3.05, 3.63) is 36.2 Å². The third-order valence-electron chi connectivity index (χ3n) is 3.97. The van der Waals surface area contributed by atoms with Crippen molar-refractivity contribution in [2.45, 2.75) is 31.1 Å². The van der Waals surface area contributed by atoms with Crippen molar-refractivity contribution >= 4 is 16.7 Å². The van der Waals surface area contributed by atoms with Gasteiger partial charge >= 0.3 is 5.97 Å². The second-order valence-corrected chi connectivity index (χ2v) is 4.89. The molecule has 4 heteroatoms. The minimum absolute atomic E-state index is 0.712. The molecule has 0 amide bonds. The summed E-state index contributed by atoms with van der Waals surface area (Å²) in [6.45, 7) is 0. The summed E-state index contributed by atoms with van der Waals surface area (Å²) >= 11 is 0. The van der Waals surface area contributed by atoms with Crippen LogP contribution in [0.4, 0.5) is 0 Å². The number of carboxylic acids is 1. The first-order valence-corrected chi connectivity index (χ1v) is 6.17. The number of nitrogens with zero attached hydrogens (tertiary/aromatic N) is 2. The van der Waals surface area contributed by atoms with Gasteiger partial charge in [0.25, 0.3) is 0 Å². The molecule has 1 aromatic heterocycles. The normalized spacial score (nSPS) is 18.0. The van der Waals surface area contributed by atoms with E-state index in [2.05, 4.69) is 10.2 Å².